The first-order valence-corrected chi connectivity index (χ1v) is 6.15. The Bertz CT molecular complexity index is 658. The lowest BCUT2D eigenvalue weighted by Gasteiger charge is -2.08. The monoisotopic (exact) mass is 292 g/mol. The summed E-state index contributed by atoms with van der Waals surface area (Å²) in [6.07, 6.45) is -3.89. The molecule has 0 fully saturated rings. The summed E-state index contributed by atoms with van der Waals surface area (Å²) in [6, 6.07) is 10.6. The van der Waals surface area contributed by atoms with Gasteiger partial charge in [0.15, 0.2) is 5.78 Å². The highest BCUT2D eigenvalue weighted by atomic mass is 19.4. The summed E-state index contributed by atoms with van der Waals surface area (Å²) in [4.78, 5) is 22.5. The zero-order valence-electron chi connectivity index (χ0n) is 10.9. The van der Waals surface area contributed by atoms with E-state index in [-0.39, 0.29) is 12.2 Å². The molecule has 5 heteroatoms. The van der Waals surface area contributed by atoms with Crippen LogP contribution in [0.1, 0.15) is 31.8 Å². The lowest BCUT2D eigenvalue weighted by molar-refractivity contribution is -0.137. The minimum Gasteiger partial charge on any atom is -0.298 e. The van der Waals surface area contributed by atoms with Crippen molar-refractivity contribution >= 4 is 12.1 Å². The molecular formula is C16H11F3O2. The maximum absolute atomic E-state index is 12.6. The molecule has 0 aromatic heterocycles. The molecule has 0 radical (unpaired) electrons. The topological polar surface area (TPSA) is 34.1 Å². The van der Waals surface area contributed by atoms with Gasteiger partial charge < -0.3 is 0 Å². The molecular weight excluding hydrogens is 281 g/mol. The summed E-state index contributed by atoms with van der Waals surface area (Å²) >= 11 is 0. The second kappa shape index (κ2) is 5.91. The molecule has 2 nitrogen and oxygen atoms in total. The molecule has 0 saturated carbocycles. The van der Waals surface area contributed by atoms with Gasteiger partial charge in [-0.3, -0.25) is 9.59 Å². The van der Waals surface area contributed by atoms with Crippen molar-refractivity contribution in [3.8, 4) is 0 Å². The summed E-state index contributed by atoms with van der Waals surface area (Å²) in [5.41, 5.74) is 0.321. The molecule has 0 atom stereocenters. The van der Waals surface area contributed by atoms with E-state index < -0.39 is 11.7 Å². The Balaban J connectivity index is 2.17. The number of hydrogen-bond donors (Lipinski definition) is 0. The molecule has 0 aliphatic rings. The molecule has 108 valence electrons. The molecule has 0 heterocycles. The molecule has 0 saturated heterocycles. The van der Waals surface area contributed by atoms with Crippen molar-refractivity contribution in [2.24, 2.45) is 0 Å². The van der Waals surface area contributed by atoms with Crippen molar-refractivity contribution in [3.05, 3.63) is 70.8 Å². The van der Waals surface area contributed by atoms with E-state index in [1.54, 1.807) is 0 Å². The van der Waals surface area contributed by atoms with Crippen LogP contribution in [0.25, 0.3) is 0 Å². The average Bonchev–Trinajstić information content (AvgIpc) is 2.47. The molecule has 0 amide bonds. The maximum atomic E-state index is 12.6. The normalized spacial score (nSPS) is 11.2. The van der Waals surface area contributed by atoms with E-state index in [0.717, 1.165) is 12.1 Å². The van der Waals surface area contributed by atoms with Gasteiger partial charge in [0.2, 0.25) is 0 Å². The van der Waals surface area contributed by atoms with Crippen LogP contribution < -0.4 is 0 Å². The number of rotatable bonds is 4. The third kappa shape index (κ3) is 3.78. The van der Waals surface area contributed by atoms with Gasteiger partial charge in [-0.15, -0.1) is 0 Å². The highest BCUT2D eigenvalue weighted by Gasteiger charge is 2.30. The van der Waals surface area contributed by atoms with E-state index in [0.29, 0.717) is 23.0 Å². The van der Waals surface area contributed by atoms with Gasteiger partial charge >= 0.3 is 6.18 Å². The van der Waals surface area contributed by atoms with Crippen molar-refractivity contribution in [1.29, 1.82) is 0 Å². The van der Waals surface area contributed by atoms with Crippen molar-refractivity contribution in [3.63, 3.8) is 0 Å². The van der Waals surface area contributed by atoms with Gasteiger partial charge in [-0.2, -0.15) is 13.2 Å². The van der Waals surface area contributed by atoms with Crippen LogP contribution in [0, 0.1) is 0 Å². The van der Waals surface area contributed by atoms with Crippen LogP contribution >= 0.6 is 0 Å². The summed E-state index contributed by atoms with van der Waals surface area (Å²) in [5, 5.41) is 0. The molecule has 2 rings (SSSR count). The van der Waals surface area contributed by atoms with Gasteiger partial charge in [0.1, 0.15) is 6.29 Å². The molecule has 0 spiro atoms. The number of benzene rings is 2. The summed E-state index contributed by atoms with van der Waals surface area (Å²) < 4.78 is 37.8. The van der Waals surface area contributed by atoms with Crippen molar-refractivity contribution < 1.29 is 22.8 Å². The number of carbonyl (C=O) groups excluding carboxylic acids is 2. The van der Waals surface area contributed by atoms with Crippen LogP contribution in [0.5, 0.6) is 0 Å². The highest BCUT2D eigenvalue weighted by molar-refractivity contribution is 5.98. The molecule has 0 aliphatic heterocycles. The minimum atomic E-state index is -4.43. The zero-order valence-corrected chi connectivity index (χ0v) is 10.9. The first kappa shape index (κ1) is 15.0. The smallest absolute Gasteiger partial charge is 0.298 e. The van der Waals surface area contributed by atoms with Crippen LogP contribution in [0.15, 0.2) is 48.5 Å². The van der Waals surface area contributed by atoms with Crippen LogP contribution in [-0.4, -0.2) is 12.1 Å². The first-order chi connectivity index (χ1) is 9.90. The van der Waals surface area contributed by atoms with Gasteiger partial charge in [0, 0.05) is 17.5 Å². The second-order valence-electron chi connectivity index (χ2n) is 4.54. The number of halogens is 3. The van der Waals surface area contributed by atoms with E-state index >= 15 is 0 Å². The van der Waals surface area contributed by atoms with Gasteiger partial charge in [0.25, 0.3) is 0 Å². The molecule has 21 heavy (non-hydrogen) atoms. The fourth-order valence-electron chi connectivity index (χ4n) is 1.89. The summed E-state index contributed by atoms with van der Waals surface area (Å²) in [5.74, 6) is -0.299. The van der Waals surface area contributed by atoms with E-state index in [2.05, 4.69) is 0 Å². The standard InChI is InChI=1S/C16H11F3O2/c17-16(18,19)14-3-1-2-12(8-14)9-15(21)13-6-4-11(10-20)5-7-13/h1-8,10H,9H2. The van der Waals surface area contributed by atoms with Crippen LogP contribution in [0.3, 0.4) is 0 Å². The van der Waals surface area contributed by atoms with Crippen molar-refractivity contribution in [2.45, 2.75) is 12.6 Å². The molecule has 2 aromatic rings. The van der Waals surface area contributed by atoms with Crippen LogP contribution in [-0.2, 0) is 12.6 Å². The number of carbonyl (C=O) groups is 2. The Morgan fingerprint density at radius 3 is 2.29 bits per heavy atom. The van der Waals surface area contributed by atoms with Crippen molar-refractivity contribution in [2.75, 3.05) is 0 Å². The molecule has 0 aliphatic carbocycles. The van der Waals surface area contributed by atoms with Gasteiger partial charge in [-0.1, -0.05) is 42.5 Å². The molecule has 0 N–H and O–H groups in total. The number of hydrogen-bond acceptors (Lipinski definition) is 2. The summed E-state index contributed by atoms with van der Waals surface area (Å²) in [6.45, 7) is 0. The maximum Gasteiger partial charge on any atom is 0.416 e. The fourth-order valence-corrected chi connectivity index (χ4v) is 1.89. The zero-order chi connectivity index (χ0) is 15.5. The second-order valence-corrected chi connectivity index (χ2v) is 4.54. The molecule has 0 unspecified atom stereocenters. The number of alkyl halides is 3. The predicted octanol–water partition coefficient (Wildman–Crippen LogP) is 3.94. The lowest BCUT2D eigenvalue weighted by atomic mass is 10.0. The van der Waals surface area contributed by atoms with Gasteiger partial charge in [-0.05, 0) is 11.6 Å². The highest BCUT2D eigenvalue weighted by Crippen LogP contribution is 2.29. The third-order valence-corrected chi connectivity index (χ3v) is 2.99. The predicted molar refractivity (Wildman–Crippen MR) is 71.3 cm³/mol. The fraction of sp³-hybridized carbons (Fsp3) is 0.125. The first-order valence-electron chi connectivity index (χ1n) is 6.15. The third-order valence-electron chi connectivity index (χ3n) is 2.99. The van der Waals surface area contributed by atoms with Crippen LogP contribution in [0.2, 0.25) is 0 Å². The molecule has 0 bridgehead atoms. The average molecular weight is 292 g/mol. The van der Waals surface area contributed by atoms with E-state index in [4.69, 9.17) is 0 Å². The Morgan fingerprint density at radius 1 is 1.05 bits per heavy atom. The molecule has 2 aromatic carbocycles. The van der Waals surface area contributed by atoms with Crippen LogP contribution in [0.4, 0.5) is 13.2 Å². The Morgan fingerprint density at radius 2 is 1.71 bits per heavy atom. The van der Waals surface area contributed by atoms with Gasteiger partial charge in [-0.25, -0.2) is 0 Å². The van der Waals surface area contributed by atoms with Gasteiger partial charge in [0.05, 0.1) is 5.56 Å². The van der Waals surface area contributed by atoms with E-state index in [1.165, 1.54) is 36.4 Å². The number of aldehydes is 1. The number of ketones is 1. The summed E-state index contributed by atoms with van der Waals surface area (Å²) in [7, 11) is 0. The number of Topliss-reactive ketones (excluding diaryl/α,β-unsaturated/α-hetero) is 1. The minimum absolute atomic E-state index is 0.121. The van der Waals surface area contributed by atoms with E-state index in [9.17, 15) is 22.8 Å². The Kier molecular flexibility index (Phi) is 4.21. The quantitative estimate of drug-likeness (QED) is 0.631. The largest absolute Gasteiger partial charge is 0.416 e. The Hall–Kier alpha value is -2.43. The van der Waals surface area contributed by atoms with E-state index in [1.807, 2.05) is 0 Å². The Labute approximate surface area is 119 Å². The lowest BCUT2D eigenvalue weighted by Crippen LogP contribution is -2.08. The van der Waals surface area contributed by atoms with Crippen molar-refractivity contribution in [1.82, 2.24) is 0 Å². The SMILES string of the molecule is O=Cc1ccc(C(=O)Cc2cccc(C(F)(F)F)c2)cc1.